The molecule has 4 heteroatoms. The van der Waals surface area contributed by atoms with Crippen LogP contribution in [0, 0.1) is 0 Å². The molecule has 66 valence electrons. The molecule has 0 aromatic rings. The van der Waals surface area contributed by atoms with Gasteiger partial charge in [0.05, 0.1) is 19.1 Å². The highest BCUT2D eigenvalue weighted by atomic mass is 16.6. The van der Waals surface area contributed by atoms with Crippen molar-refractivity contribution in [3.63, 3.8) is 0 Å². The molecule has 1 aliphatic rings. The maximum atomic E-state index is 11.0. The zero-order valence-electron chi connectivity index (χ0n) is 6.99. The molecule has 1 rings (SSSR count). The topological polar surface area (TPSA) is 52.6 Å². The molecule has 0 spiro atoms. The average Bonchev–Trinajstić information content (AvgIpc) is 2.03. The normalized spacial score (nSPS) is 22.7. The molecule has 0 amide bonds. The van der Waals surface area contributed by atoms with E-state index in [4.69, 9.17) is 4.74 Å². The Hall–Kier alpha value is -1.32. The van der Waals surface area contributed by atoms with Crippen molar-refractivity contribution in [3.8, 4) is 0 Å². The Labute approximate surface area is 70.1 Å². The van der Waals surface area contributed by atoms with Crippen LogP contribution in [0.4, 0.5) is 0 Å². The SMILES string of the molecule is COC(=O)C1=CCC(=O)O[C@@H]1C. The number of cyclic esters (lactones) is 1. The molecule has 1 atom stereocenters. The summed E-state index contributed by atoms with van der Waals surface area (Å²) in [5.41, 5.74) is 0.414. The monoisotopic (exact) mass is 170 g/mol. The van der Waals surface area contributed by atoms with Gasteiger partial charge in [-0.25, -0.2) is 4.79 Å². The maximum Gasteiger partial charge on any atom is 0.337 e. The molecule has 0 aliphatic carbocycles. The van der Waals surface area contributed by atoms with Gasteiger partial charge in [0.2, 0.25) is 0 Å². The van der Waals surface area contributed by atoms with Gasteiger partial charge in [-0.15, -0.1) is 0 Å². The van der Waals surface area contributed by atoms with Crippen molar-refractivity contribution in [1.29, 1.82) is 0 Å². The molecule has 1 heterocycles. The highest BCUT2D eigenvalue weighted by Gasteiger charge is 2.24. The van der Waals surface area contributed by atoms with Crippen LogP contribution in [-0.2, 0) is 19.1 Å². The quantitative estimate of drug-likeness (QED) is 0.535. The molecule has 0 radical (unpaired) electrons. The van der Waals surface area contributed by atoms with Crippen molar-refractivity contribution in [2.75, 3.05) is 7.11 Å². The van der Waals surface area contributed by atoms with Gasteiger partial charge in [0, 0.05) is 0 Å². The molecule has 0 saturated heterocycles. The third-order valence-electron chi connectivity index (χ3n) is 1.66. The predicted octanol–water partition coefficient (Wildman–Crippen LogP) is 0.421. The third kappa shape index (κ3) is 1.64. The van der Waals surface area contributed by atoms with Crippen molar-refractivity contribution in [2.24, 2.45) is 0 Å². The minimum atomic E-state index is -0.487. The van der Waals surface area contributed by atoms with Gasteiger partial charge in [0.1, 0.15) is 6.10 Å². The van der Waals surface area contributed by atoms with Crippen LogP contribution < -0.4 is 0 Å². The molecule has 4 nitrogen and oxygen atoms in total. The summed E-state index contributed by atoms with van der Waals surface area (Å²) >= 11 is 0. The van der Waals surface area contributed by atoms with Gasteiger partial charge in [-0.2, -0.15) is 0 Å². The fraction of sp³-hybridized carbons (Fsp3) is 0.500. The van der Waals surface area contributed by atoms with Gasteiger partial charge in [-0.3, -0.25) is 4.79 Å². The van der Waals surface area contributed by atoms with E-state index < -0.39 is 12.1 Å². The van der Waals surface area contributed by atoms with E-state index in [0.717, 1.165) is 0 Å². The second-order valence-electron chi connectivity index (χ2n) is 2.49. The number of hydrogen-bond donors (Lipinski definition) is 0. The number of esters is 2. The first-order valence-electron chi connectivity index (χ1n) is 3.63. The van der Waals surface area contributed by atoms with Crippen LogP contribution in [0.2, 0.25) is 0 Å². The van der Waals surface area contributed by atoms with E-state index in [-0.39, 0.29) is 12.4 Å². The Morgan fingerprint density at radius 1 is 1.75 bits per heavy atom. The van der Waals surface area contributed by atoms with Crippen LogP contribution in [0.1, 0.15) is 13.3 Å². The number of carbonyl (C=O) groups excluding carboxylic acids is 2. The lowest BCUT2D eigenvalue weighted by Crippen LogP contribution is -2.26. The Bertz CT molecular complexity index is 241. The van der Waals surface area contributed by atoms with Gasteiger partial charge < -0.3 is 9.47 Å². The van der Waals surface area contributed by atoms with Crippen LogP contribution in [0.3, 0.4) is 0 Å². The van der Waals surface area contributed by atoms with Crippen LogP contribution >= 0.6 is 0 Å². The molecule has 0 N–H and O–H groups in total. The minimum absolute atomic E-state index is 0.148. The lowest BCUT2D eigenvalue weighted by molar-refractivity contribution is -0.149. The van der Waals surface area contributed by atoms with E-state index in [0.29, 0.717) is 5.57 Å². The number of methoxy groups -OCH3 is 1. The van der Waals surface area contributed by atoms with Crippen LogP contribution in [0.25, 0.3) is 0 Å². The van der Waals surface area contributed by atoms with Crippen LogP contribution in [0.5, 0.6) is 0 Å². The number of hydrogen-bond acceptors (Lipinski definition) is 4. The smallest absolute Gasteiger partial charge is 0.337 e. The van der Waals surface area contributed by atoms with Gasteiger partial charge in [-0.1, -0.05) is 6.08 Å². The Morgan fingerprint density at radius 3 is 2.92 bits per heavy atom. The first kappa shape index (κ1) is 8.77. The summed E-state index contributed by atoms with van der Waals surface area (Å²) < 4.78 is 9.31. The Morgan fingerprint density at radius 2 is 2.42 bits per heavy atom. The summed E-state index contributed by atoms with van der Waals surface area (Å²) in [7, 11) is 1.30. The van der Waals surface area contributed by atoms with E-state index in [2.05, 4.69) is 4.74 Å². The largest absolute Gasteiger partial charge is 0.466 e. The molecular weight excluding hydrogens is 160 g/mol. The molecule has 0 bridgehead atoms. The van der Waals surface area contributed by atoms with E-state index in [9.17, 15) is 9.59 Å². The second kappa shape index (κ2) is 3.38. The highest BCUT2D eigenvalue weighted by molar-refractivity contribution is 5.92. The molecule has 0 unspecified atom stereocenters. The number of carbonyl (C=O) groups is 2. The standard InChI is InChI=1S/C8H10O4/c1-5-6(8(10)11-2)3-4-7(9)12-5/h3,5H,4H2,1-2H3/t5-/m1/s1. The van der Waals surface area contributed by atoms with E-state index >= 15 is 0 Å². The van der Waals surface area contributed by atoms with E-state index in [1.54, 1.807) is 13.0 Å². The summed E-state index contributed by atoms with van der Waals surface area (Å²) in [6.07, 6.45) is 1.20. The molecule has 0 aromatic carbocycles. The first-order chi connectivity index (χ1) is 5.65. The number of rotatable bonds is 1. The van der Waals surface area contributed by atoms with Crippen molar-refractivity contribution in [1.82, 2.24) is 0 Å². The summed E-state index contributed by atoms with van der Waals surface area (Å²) in [6, 6.07) is 0. The van der Waals surface area contributed by atoms with Crippen molar-refractivity contribution in [2.45, 2.75) is 19.4 Å². The number of ether oxygens (including phenoxy) is 2. The van der Waals surface area contributed by atoms with Gasteiger partial charge in [0.25, 0.3) is 0 Å². The Kier molecular flexibility index (Phi) is 2.47. The minimum Gasteiger partial charge on any atom is -0.466 e. The maximum absolute atomic E-state index is 11.0. The Balaban J connectivity index is 2.77. The van der Waals surface area contributed by atoms with Gasteiger partial charge >= 0.3 is 11.9 Å². The van der Waals surface area contributed by atoms with Crippen molar-refractivity contribution < 1.29 is 19.1 Å². The predicted molar refractivity (Wildman–Crippen MR) is 40.3 cm³/mol. The molecule has 1 aliphatic heterocycles. The summed E-state index contributed by atoms with van der Waals surface area (Å²) in [5.74, 6) is -0.745. The summed E-state index contributed by atoms with van der Waals surface area (Å²) in [4.78, 5) is 21.7. The highest BCUT2D eigenvalue weighted by Crippen LogP contribution is 2.15. The van der Waals surface area contributed by atoms with Gasteiger partial charge in [0.15, 0.2) is 0 Å². The van der Waals surface area contributed by atoms with Gasteiger partial charge in [-0.05, 0) is 6.92 Å². The molecule has 0 aromatic heterocycles. The summed E-state index contributed by atoms with van der Waals surface area (Å²) in [6.45, 7) is 1.64. The lowest BCUT2D eigenvalue weighted by Gasteiger charge is -2.18. The molecule has 0 fully saturated rings. The van der Waals surface area contributed by atoms with E-state index in [1.807, 2.05) is 0 Å². The van der Waals surface area contributed by atoms with Crippen LogP contribution in [-0.4, -0.2) is 25.2 Å². The molecule has 0 saturated carbocycles. The first-order valence-corrected chi connectivity index (χ1v) is 3.63. The van der Waals surface area contributed by atoms with E-state index in [1.165, 1.54) is 7.11 Å². The van der Waals surface area contributed by atoms with Crippen molar-refractivity contribution in [3.05, 3.63) is 11.6 Å². The lowest BCUT2D eigenvalue weighted by atomic mass is 10.1. The fourth-order valence-corrected chi connectivity index (χ4v) is 1.04. The summed E-state index contributed by atoms with van der Waals surface area (Å²) in [5, 5.41) is 0. The fourth-order valence-electron chi connectivity index (χ4n) is 1.04. The zero-order valence-corrected chi connectivity index (χ0v) is 6.99. The molecule has 12 heavy (non-hydrogen) atoms. The third-order valence-corrected chi connectivity index (χ3v) is 1.66. The molecular formula is C8H10O4. The average molecular weight is 170 g/mol. The van der Waals surface area contributed by atoms with Crippen molar-refractivity contribution >= 4 is 11.9 Å². The van der Waals surface area contributed by atoms with Crippen LogP contribution in [0.15, 0.2) is 11.6 Å². The zero-order chi connectivity index (χ0) is 9.14. The second-order valence-corrected chi connectivity index (χ2v) is 2.49.